The van der Waals surface area contributed by atoms with Crippen molar-refractivity contribution >= 4 is 11.8 Å². The van der Waals surface area contributed by atoms with Gasteiger partial charge >= 0.3 is 5.97 Å². The highest BCUT2D eigenvalue weighted by molar-refractivity contribution is 6.12. The number of phenols is 2. The largest absolute Gasteiger partial charge is 0.508 e. The molecule has 0 bridgehead atoms. The van der Waals surface area contributed by atoms with Crippen molar-refractivity contribution in [2.24, 2.45) is 0 Å². The number of fused-ring (bicyclic) bond motifs is 1. The smallest absolute Gasteiger partial charge is 0.306 e. The van der Waals surface area contributed by atoms with Gasteiger partial charge < -0.3 is 38.8 Å². The van der Waals surface area contributed by atoms with Crippen LogP contribution in [-0.4, -0.2) is 74.5 Å². The number of carbonyl (C=O) groups excluding carboxylic acids is 2. The highest BCUT2D eigenvalue weighted by Gasteiger charge is 2.36. The Morgan fingerprint density at radius 3 is 2.37 bits per heavy atom. The number of esters is 1. The number of rotatable bonds is 7. The molecule has 0 radical (unpaired) electrons. The second kappa shape index (κ2) is 10.1. The number of benzene rings is 2. The van der Waals surface area contributed by atoms with E-state index in [1.807, 2.05) is 4.90 Å². The quantitative estimate of drug-likeness (QED) is 0.447. The van der Waals surface area contributed by atoms with E-state index in [0.29, 0.717) is 31.9 Å². The topological polar surface area (TPSA) is 124 Å². The maximum Gasteiger partial charge on any atom is 0.306 e. The molecule has 1 saturated heterocycles. The maximum atomic E-state index is 13.1. The Kier molecular flexibility index (Phi) is 7.02. The number of morpholine rings is 1. The molecular weight excluding hydrogens is 458 g/mol. The van der Waals surface area contributed by atoms with Gasteiger partial charge in [-0.2, -0.15) is 0 Å². The average Bonchev–Trinajstić information content (AvgIpc) is 3.18. The summed E-state index contributed by atoms with van der Waals surface area (Å²) in [6.07, 6.45) is 1.46. The maximum absolute atomic E-state index is 13.1. The average molecular weight is 485 g/mol. The first-order valence-corrected chi connectivity index (χ1v) is 11.0. The number of ketones is 1. The standard InChI is InChI=1S/C25H27NO9/c1-31-18-10-14(11-19(32-2)24(18)30)16(12-21(28)33-3)22-17(27)5-4-15-23(29)20(35-25(15)22)13-26-6-8-34-9-7-26/h4-5,10-11,13,16,27,30H,6-9,12H2,1-3H3/b20-13-. The van der Waals surface area contributed by atoms with Crippen LogP contribution in [0.3, 0.4) is 0 Å². The Morgan fingerprint density at radius 2 is 1.77 bits per heavy atom. The summed E-state index contributed by atoms with van der Waals surface area (Å²) in [7, 11) is 4.03. The van der Waals surface area contributed by atoms with E-state index in [1.54, 1.807) is 6.20 Å². The first kappa shape index (κ1) is 24.2. The molecule has 2 aromatic carbocycles. The van der Waals surface area contributed by atoms with E-state index in [0.717, 1.165) is 0 Å². The number of carbonyl (C=O) groups is 2. The second-order valence-corrected chi connectivity index (χ2v) is 8.05. The zero-order valence-corrected chi connectivity index (χ0v) is 19.7. The van der Waals surface area contributed by atoms with Crippen LogP contribution < -0.4 is 14.2 Å². The third-order valence-corrected chi connectivity index (χ3v) is 6.05. The lowest BCUT2D eigenvalue weighted by Gasteiger charge is -2.25. The molecule has 1 atom stereocenters. The van der Waals surface area contributed by atoms with E-state index in [-0.39, 0.29) is 57.8 Å². The van der Waals surface area contributed by atoms with Crippen LogP contribution in [0.25, 0.3) is 0 Å². The Balaban J connectivity index is 1.83. The molecule has 0 saturated carbocycles. The molecule has 186 valence electrons. The molecule has 35 heavy (non-hydrogen) atoms. The van der Waals surface area contributed by atoms with Gasteiger partial charge in [0.2, 0.25) is 11.5 Å². The normalized spacial score (nSPS) is 17.1. The molecule has 2 aliphatic heterocycles. The summed E-state index contributed by atoms with van der Waals surface area (Å²) in [5, 5.41) is 21.2. The summed E-state index contributed by atoms with van der Waals surface area (Å²) in [4.78, 5) is 27.4. The molecule has 0 aromatic heterocycles. The zero-order valence-electron chi connectivity index (χ0n) is 19.7. The molecule has 0 amide bonds. The highest BCUT2D eigenvalue weighted by Crippen LogP contribution is 2.48. The number of methoxy groups -OCH3 is 3. The number of aromatic hydroxyl groups is 2. The number of allylic oxidation sites excluding steroid dienone is 1. The van der Waals surface area contributed by atoms with Crippen molar-refractivity contribution < 1.29 is 43.5 Å². The van der Waals surface area contributed by atoms with Crippen LogP contribution in [-0.2, 0) is 14.3 Å². The predicted molar refractivity (Wildman–Crippen MR) is 123 cm³/mol. The second-order valence-electron chi connectivity index (χ2n) is 8.05. The van der Waals surface area contributed by atoms with Crippen LogP contribution in [0.1, 0.15) is 33.8 Å². The minimum atomic E-state index is -0.809. The number of Topliss-reactive ketones (excluding diaryl/α,β-unsaturated/α-hetero) is 1. The summed E-state index contributed by atoms with van der Waals surface area (Å²) in [5.41, 5.74) is 0.985. The summed E-state index contributed by atoms with van der Waals surface area (Å²) >= 11 is 0. The van der Waals surface area contributed by atoms with E-state index in [4.69, 9.17) is 23.7 Å². The molecular formula is C25H27NO9. The number of hydrogen-bond donors (Lipinski definition) is 2. The van der Waals surface area contributed by atoms with E-state index in [1.165, 1.54) is 45.6 Å². The van der Waals surface area contributed by atoms with E-state index in [9.17, 15) is 19.8 Å². The molecule has 1 unspecified atom stereocenters. The summed E-state index contributed by atoms with van der Waals surface area (Å²) in [6, 6.07) is 5.95. The first-order chi connectivity index (χ1) is 16.9. The lowest BCUT2D eigenvalue weighted by atomic mass is 9.85. The van der Waals surface area contributed by atoms with Gasteiger partial charge in [0, 0.05) is 30.8 Å². The van der Waals surface area contributed by atoms with E-state index < -0.39 is 11.9 Å². The highest BCUT2D eigenvalue weighted by atomic mass is 16.5. The molecule has 2 aliphatic rings. The van der Waals surface area contributed by atoms with Gasteiger partial charge in [-0.25, -0.2) is 0 Å². The van der Waals surface area contributed by atoms with Gasteiger partial charge in [0.05, 0.1) is 46.5 Å². The Labute approximate surface area is 202 Å². The molecule has 0 aliphatic carbocycles. The first-order valence-electron chi connectivity index (χ1n) is 11.0. The van der Waals surface area contributed by atoms with Gasteiger partial charge in [0.1, 0.15) is 11.5 Å². The van der Waals surface area contributed by atoms with E-state index in [2.05, 4.69) is 0 Å². The molecule has 2 N–H and O–H groups in total. The van der Waals surface area contributed by atoms with Gasteiger partial charge in [0.15, 0.2) is 17.3 Å². The van der Waals surface area contributed by atoms with Crippen LogP contribution in [0, 0.1) is 0 Å². The van der Waals surface area contributed by atoms with Crippen molar-refractivity contribution in [2.45, 2.75) is 12.3 Å². The molecule has 10 heteroatoms. The van der Waals surface area contributed by atoms with Gasteiger partial charge in [-0.05, 0) is 29.8 Å². The fraction of sp³-hybridized carbons (Fsp3) is 0.360. The van der Waals surface area contributed by atoms with Crippen molar-refractivity contribution in [1.29, 1.82) is 0 Å². The number of ether oxygens (including phenoxy) is 5. The summed E-state index contributed by atoms with van der Waals surface area (Å²) in [6.45, 7) is 2.32. The number of hydrogen-bond acceptors (Lipinski definition) is 10. The Morgan fingerprint density at radius 1 is 1.11 bits per heavy atom. The number of nitrogens with zero attached hydrogens (tertiary/aromatic N) is 1. The molecule has 4 rings (SSSR count). The van der Waals surface area contributed by atoms with Crippen molar-refractivity contribution in [1.82, 2.24) is 4.90 Å². The monoisotopic (exact) mass is 485 g/mol. The van der Waals surface area contributed by atoms with Crippen molar-refractivity contribution in [2.75, 3.05) is 47.6 Å². The van der Waals surface area contributed by atoms with Gasteiger partial charge in [-0.1, -0.05) is 0 Å². The van der Waals surface area contributed by atoms with Crippen molar-refractivity contribution in [3.63, 3.8) is 0 Å². The van der Waals surface area contributed by atoms with Crippen molar-refractivity contribution in [3.05, 3.63) is 52.9 Å². The van der Waals surface area contributed by atoms with Crippen LogP contribution >= 0.6 is 0 Å². The fourth-order valence-corrected chi connectivity index (χ4v) is 4.21. The van der Waals surface area contributed by atoms with Crippen LogP contribution in [0.5, 0.6) is 28.7 Å². The Hall–Kier alpha value is -3.92. The lowest BCUT2D eigenvalue weighted by molar-refractivity contribution is -0.140. The van der Waals surface area contributed by atoms with Crippen LogP contribution in [0.15, 0.2) is 36.2 Å². The summed E-state index contributed by atoms with van der Waals surface area (Å²) in [5.74, 6) is -1.55. The van der Waals surface area contributed by atoms with Gasteiger partial charge in [-0.3, -0.25) is 9.59 Å². The fourth-order valence-electron chi connectivity index (χ4n) is 4.21. The minimum Gasteiger partial charge on any atom is -0.508 e. The summed E-state index contributed by atoms with van der Waals surface area (Å²) < 4.78 is 26.8. The lowest BCUT2D eigenvalue weighted by Crippen LogP contribution is -2.32. The molecule has 0 spiro atoms. The van der Waals surface area contributed by atoms with Crippen molar-refractivity contribution in [3.8, 4) is 28.7 Å². The molecule has 1 fully saturated rings. The van der Waals surface area contributed by atoms with Crippen LogP contribution in [0.4, 0.5) is 0 Å². The SMILES string of the molecule is COC(=O)CC(c1cc(OC)c(O)c(OC)c1)c1c(O)ccc2c1O/C(=C\N1CCOCC1)C2=O. The number of phenolic OH excluding ortho intramolecular Hbond substituents is 2. The third-order valence-electron chi connectivity index (χ3n) is 6.05. The zero-order chi connectivity index (χ0) is 25.1. The Bertz CT molecular complexity index is 1140. The molecule has 10 nitrogen and oxygen atoms in total. The molecule has 2 heterocycles. The van der Waals surface area contributed by atoms with Gasteiger partial charge in [0.25, 0.3) is 0 Å². The third kappa shape index (κ3) is 4.69. The minimum absolute atomic E-state index is 0.117. The predicted octanol–water partition coefficient (Wildman–Crippen LogP) is 2.56. The van der Waals surface area contributed by atoms with E-state index >= 15 is 0 Å². The van der Waals surface area contributed by atoms with Gasteiger partial charge in [-0.15, -0.1) is 0 Å². The van der Waals surface area contributed by atoms with Crippen LogP contribution in [0.2, 0.25) is 0 Å². The molecule has 2 aromatic rings.